The van der Waals surface area contributed by atoms with E-state index in [1.54, 1.807) is 26.1 Å². The molecule has 1 aromatic rings. The Morgan fingerprint density at radius 3 is 2.41 bits per heavy atom. The first kappa shape index (κ1) is 17.1. The summed E-state index contributed by atoms with van der Waals surface area (Å²) in [5.41, 5.74) is 0.259. The van der Waals surface area contributed by atoms with Crippen molar-refractivity contribution in [1.82, 2.24) is 4.90 Å². The summed E-state index contributed by atoms with van der Waals surface area (Å²) in [4.78, 5) is 25.3. The Morgan fingerprint density at radius 2 is 1.95 bits per heavy atom. The predicted molar refractivity (Wildman–Crippen MR) is 86.4 cm³/mol. The maximum Gasteiger partial charge on any atom is 0.308 e. The van der Waals surface area contributed by atoms with Gasteiger partial charge in [0, 0.05) is 13.6 Å². The predicted octanol–water partition coefficient (Wildman–Crippen LogP) is 3.59. The summed E-state index contributed by atoms with van der Waals surface area (Å²) in [5.74, 6) is -1.55. The monoisotopic (exact) mass is 343 g/mol. The molecule has 1 aliphatic carbocycles. The number of hydrogen-bond donors (Lipinski definition) is 1. The number of aliphatic carboxylic acids is 1. The van der Waals surface area contributed by atoms with Crippen LogP contribution in [0, 0.1) is 5.92 Å². The van der Waals surface area contributed by atoms with Gasteiger partial charge in [-0.05, 0) is 30.5 Å². The van der Waals surface area contributed by atoms with Crippen LogP contribution in [0.15, 0.2) is 18.2 Å². The van der Waals surface area contributed by atoms with Crippen LogP contribution in [0.1, 0.15) is 31.7 Å². The van der Waals surface area contributed by atoms with Crippen LogP contribution in [0.3, 0.4) is 0 Å². The van der Waals surface area contributed by atoms with Gasteiger partial charge in [-0.15, -0.1) is 0 Å². The molecule has 1 saturated carbocycles. The summed E-state index contributed by atoms with van der Waals surface area (Å²) in [7, 11) is 1.65. The summed E-state index contributed by atoms with van der Waals surface area (Å²) in [6.45, 7) is 1.79. The molecule has 1 unspecified atom stereocenters. The number of carbonyl (C=O) groups is 2. The number of amides is 1. The van der Waals surface area contributed by atoms with Crippen LogP contribution in [0.4, 0.5) is 0 Å². The average molecular weight is 344 g/mol. The van der Waals surface area contributed by atoms with Crippen LogP contribution in [0.2, 0.25) is 10.0 Å². The molecule has 1 aromatic carbocycles. The Morgan fingerprint density at radius 1 is 1.32 bits per heavy atom. The van der Waals surface area contributed by atoms with Crippen molar-refractivity contribution in [2.45, 2.75) is 31.6 Å². The molecule has 6 heteroatoms. The normalized spacial score (nSPS) is 17.5. The summed E-state index contributed by atoms with van der Waals surface area (Å²) in [5, 5.41) is 9.89. The van der Waals surface area contributed by atoms with E-state index in [9.17, 15) is 9.59 Å². The fourth-order valence-corrected chi connectivity index (χ4v) is 3.19. The van der Waals surface area contributed by atoms with Crippen LogP contribution < -0.4 is 0 Å². The Bertz CT molecular complexity index is 599. The Kier molecular flexibility index (Phi) is 5.03. The second-order valence-corrected chi connectivity index (χ2v) is 6.80. The molecule has 0 saturated heterocycles. The summed E-state index contributed by atoms with van der Waals surface area (Å²) < 4.78 is 0. The zero-order chi connectivity index (χ0) is 16.5. The number of carboxylic acid groups (broad SMARTS) is 1. The third-order valence-electron chi connectivity index (χ3n) is 4.40. The summed E-state index contributed by atoms with van der Waals surface area (Å²) >= 11 is 12.0. The van der Waals surface area contributed by atoms with Gasteiger partial charge in [0.25, 0.3) is 0 Å². The number of hydrogen-bond acceptors (Lipinski definition) is 2. The lowest BCUT2D eigenvalue weighted by Gasteiger charge is -2.43. The molecule has 0 radical (unpaired) electrons. The fraction of sp³-hybridized carbons (Fsp3) is 0.500. The number of rotatable bonds is 5. The molecule has 2 rings (SSSR count). The zero-order valence-corrected chi connectivity index (χ0v) is 14.1. The fourth-order valence-electron chi connectivity index (χ4n) is 2.89. The van der Waals surface area contributed by atoms with Gasteiger partial charge in [-0.3, -0.25) is 9.59 Å². The van der Waals surface area contributed by atoms with Crippen molar-refractivity contribution in [2.75, 3.05) is 13.6 Å². The van der Waals surface area contributed by atoms with Gasteiger partial charge in [-0.1, -0.05) is 42.6 Å². The SMILES string of the molecule is CC(CN(C)C(=O)C1(c2ccc(Cl)c(Cl)c2)CCC1)C(=O)O. The van der Waals surface area contributed by atoms with E-state index in [0.29, 0.717) is 10.0 Å². The standard InChI is InChI=1S/C16H19Cl2NO3/c1-10(14(20)21)9-19(2)15(22)16(6-3-7-16)11-4-5-12(17)13(18)8-11/h4-5,8,10H,3,6-7,9H2,1-2H3,(H,20,21). The number of benzene rings is 1. The molecule has 120 valence electrons. The lowest BCUT2D eigenvalue weighted by molar-refractivity contribution is -0.145. The van der Waals surface area contributed by atoms with Gasteiger partial charge < -0.3 is 10.0 Å². The summed E-state index contributed by atoms with van der Waals surface area (Å²) in [6.07, 6.45) is 2.46. The van der Waals surface area contributed by atoms with E-state index in [0.717, 1.165) is 24.8 Å². The van der Waals surface area contributed by atoms with E-state index in [-0.39, 0.29) is 12.5 Å². The molecule has 0 aliphatic heterocycles. The van der Waals surface area contributed by atoms with Crippen molar-refractivity contribution < 1.29 is 14.7 Å². The topological polar surface area (TPSA) is 57.6 Å². The average Bonchev–Trinajstić information content (AvgIpc) is 2.41. The maximum absolute atomic E-state index is 12.9. The van der Waals surface area contributed by atoms with Crippen molar-refractivity contribution in [3.05, 3.63) is 33.8 Å². The van der Waals surface area contributed by atoms with Crippen LogP contribution >= 0.6 is 23.2 Å². The number of nitrogens with zero attached hydrogens (tertiary/aromatic N) is 1. The number of carboxylic acids is 1. The van der Waals surface area contributed by atoms with Crippen LogP contribution in [0.5, 0.6) is 0 Å². The summed E-state index contributed by atoms with van der Waals surface area (Å²) in [6, 6.07) is 5.28. The van der Waals surface area contributed by atoms with Crippen molar-refractivity contribution in [3.63, 3.8) is 0 Å². The van der Waals surface area contributed by atoms with Crippen LogP contribution in [0.25, 0.3) is 0 Å². The molecular formula is C16H19Cl2NO3. The van der Waals surface area contributed by atoms with Gasteiger partial charge >= 0.3 is 5.97 Å². The van der Waals surface area contributed by atoms with Crippen molar-refractivity contribution >= 4 is 35.1 Å². The van der Waals surface area contributed by atoms with Gasteiger partial charge in [0.05, 0.1) is 21.4 Å². The third kappa shape index (κ3) is 3.08. The highest BCUT2D eigenvalue weighted by atomic mass is 35.5. The molecule has 22 heavy (non-hydrogen) atoms. The number of carbonyl (C=O) groups excluding carboxylic acids is 1. The highest BCUT2D eigenvalue weighted by Crippen LogP contribution is 2.46. The Balaban J connectivity index is 2.24. The van der Waals surface area contributed by atoms with E-state index in [1.165, 1.54) is 4.90 Å². The number of halogens is 2. The minimum Gasteiger partial charge on any atom is -0.481 e. The Labute approximate surface area is 140 Å². The van der Waals surface area contributed by atoms with E-state index < -0.39 is 17.3 Å². The molecule has 4 nitrogen and oxygen atoms in total. The molecule has 1 N–H and O–H groups in total. The van der Waals surface area contributed by atoms with Crippen molar-refractivity contribution in [2.24, 2.45) is 5.92 Å². The second kappa shape index (κ2) is 6.47. The molecule has 0 aromatic heterocycles. The molecule has 1 atom stereocenters. The molecular weight excluding hydrogens is 325 g/mol. The quantitative estimate of drug-likeness (QED) is 0.888. The van der Waals surface area contributed by atoms with Gasteiger partial charge in [-0.2, -0.15) is 0 Å². The second-order valence-electron chi connectivity index (χ2n) is 5.99. The smallest absolute Gasteiger partial charge is 0.308 e. The lowest BCUT2D eigenvalue weighted by Crippen LogP contribution is -2.51. The first-order chi connectivity index (χ1) is 10.3. The van der Waals surface area contributed by atoms with Gasteiger partial charge in [0.1, 0.15) is 0 Å². The highest BCUT2D eigenvalue weighted by Gasteiger charge is 2.47. The Hall–Kier alpha value is -1.26. The first-order valence-electron chi connectivity index (χ1n) is 7.22. The van der Waals surface area contributed by atoms with Gasteiger partial charge in [-0.25, -0.2) is 0 Å². The van der Waals surface area contributed by atoms with Gasteiger partial charge in [0.2, 0.25) is 5.91 Å². The maximum atomic E-state index is 12.9. The van der Waals surface area contributed by atoms with E-state index in [2.05, 4.69) is 0 Å². The molecule has 0 spiro atoms. The molecule has 0 bridgehead atoms. The van der Waals surface area contributed by atoms with E-state index in [4.69, 9.17) is 28.3 Å². The minimum absolute atomic E-state index is 0.0507. The van der Waals surface area contributed by atoms with Crippen molar-refractivity contribution in [1.29, 1.82) is 0 Å². The highest BCUT2D eigenvalue weighted by molar-refractivity contribution is 6.42. The van der Waals surface area contributed by atoms with Crippen LogP contribution in [-0.4, -0.2) is 35.5 Å². The minimum atomic E-state index is -0.906. The molecule has 1 amide bonds. The largest absolute Gasteiger partial charge is 0.481 e. The zero-order valence-electron chi connectivity index (χ0n) is 12.6. The van der Waals surface area contributed by atoms with Crippen LogP contribution in [-0.2, 0) is 15.0 Å². The van der Waals surface area contributed by atoms with Gasteiger partial charge in [0.15, 0.2) is 0 Å². The third-order valence-corrected chi connectivity index (χ3v) is 5.14. The first-order valence-corrected chi connectivity index (χ1v) is 7.97. The molecule has 1 fully saturated rings. The molecule has 0 heterocycles. The van der Waals surface area contributed by atoms with E-state index >= 15 is 0 Å². The van der Waals surface area contributed by atoms with Crippen molar-refractivity contribution in [3.8, 4) is 0 Å². The lowest BCUT2D eigenvalue weighted by atomic mass is 9.63. The number of likely N-dealkylation sites (N-methyl/N-ethyl adjacent to an activating group) is 1. The van der Waals surface area contributed by atoms with E-state index in [1.807, 2.05) is 6.07 Å². The molecule has 1 aliphatic rings.